The number of anilines is 1. The summed E-state index contributed by atoms with van der Waals surface area (Å²) in [6.45, 7) is 9.85. The van der Waals surface area contributed by atoms with Crippen molar-refractivity contribution in [2.24, 2.45) is 5.92 Å². The van der Waals surface area contributed by atoms with Gasteiger partial charge in [0.1, 0.15) is 5.75 Å². The predicted molar refractivity (Wildman–Crippen MR) is 130 cm³/mol. The summed E-state index contributed by atoms with van der Waals surface area (Å²) in [5.41, 5.74) is 4.90. The molecule has 1 aromatic heterocycles. The van der Waals surface area contributed by atoms with Gasteiger partial charge in [0.25, 0.3) is 0 Å². The Kier molecular flexibility index (Phi) is 6.56. The number of hydrogen-bond acceptors (Lipinski definition) is 7. The summed E-state index contributed by atoms with van der Waals surface area (Å²) in [5.74, 6) is 2.32. The minimum absolute atomic E-state index is 0.140. The van der Waals surface area contributed by atoms with E-state index in [-0.39, 0.29) is 5.91 Å². The number of benzene rings is 2. The van der Waals surface area contributed by atoms with Crippen molar-refractivity contribution >= 4 is 23.4 Å². The normalized spacial score (nSPS) is 14.9. The lowest BCUT2D eigenvalue weighted by atomic mass is 10.00. The summed E-state index contributed by atoms with van der Waals surface area (Å²) in [5, 5.41) is 9.42. The van der Waals surface area contributed by atoms with Crippen LogP contribution in [0.3, 0.4) is 0 Å². The van der Waals surface area contributed by atoms with Crippen molar-refractivity contribution in [3.63, 3.8) is 0 Å². The highest BCUT2D eigenvalue weighted by Crippen LogP contribution is 2.45. The first-order valence-corrected chi connectivity index (χ1v) is 11.9. The second kappa shape index (κ2) is 9.39. The molecule has 2 heterocycles. The van der Waals surface area contributed by atoms with E-state index in [2.05, 4.69) is 30.1 Å². The number of methoxy groups -OCH3 is 1. The fourth-order valence-electron chi connectivity index (χ4n) is 3.90. The van der Waals surface area contributed by atoms with E-state index < -0.39 is 6.23 Å². The van der Waals surface area contributed by atoms with E-state index in [1.54, 1.807) is 30.7 Å². The molecule has 1 aliphatic heterocycles. The van der Waals surface area contributed by atoms with Crippen LogP contribution in [-0.4, -0.2) is 34.0 Å². The number of aromatic nitrogens is 3. The van der Waals surface area contributed by atoms with Crippen molar-refractivity contribution in [1.29, 1.82) is 0 Å². The van der Waals surface area contributed by atoms with Gasteiger partial charge in [-0.1, -0.05) is 37.2 Å². The smallest absolute Gasteiger partial charge is 0.247 e. The van der Waals surface area contributed by atoms with Crippen LogP contribution in [0.25, 0.3) is 11.3 Å². The van der Waals surface area contributed by atoms with E-state index in [1.807, 2.05) is 44.2 Å². The number of rotatable bonds is 5. The molecule has 7 nitrogen and oxygen atoms in total. The Morgan fingerprint density at radius 3 is 2.55 bits per heavy atom. The maximum atomic E-state index is 13.0. The number of carbonyl (C=O) groups excluding carboxylic acids is 1. The molecular formula is C25H28N4O3S. The molecule has 1 aliphatic rings. The molecule has 0 fully saturated rings. The number of amides is 1. The average molecular weight is 465 g/mol. The zero-order valence-corrected chi connectivity index (χ0v) is 20.6. The largest absolute Gasteiger partial charge is 0.497 e. The Bertz CT molecular complexity index is 1180. The topological polar surface area (TPSA) is 77.4 Å². The van der Waals surface area contributed by atoms with Crippen molar-refractivity contribution in [2.75, 3.05) is 17.8 Å². The molecule has 0 radical (unpaired) electrons. The van der Waals surface area contributed by atoms with Gasteiger partial charge >= 0.3 is 0 Å². The molecule has 2 aromatic carbocycles. The zero-order chi connectivity index (χ0) is 23.7. The lowest BCUT2D eigenvalue weighted by Crippen LogP contribution is -2.36. The van der Waals surface area contributed by atoms with Crippen LogP contribution < -0.4 is 14.4 Å². The molecule has 172 valence electrons. The summed E-state index contributed by atoms with van der Waals surface area (Å²) in [4.78, 5) is 19.4. The van der Waals surface area contributed by atoms with Gasteiger partial charge in [-0.25, -0.2) is 0 Å². The lowest BCUT2D eigenvalue weighted by Gasteiger charge is -2.31. The molecule has 0 bridgehead atoms. The number of ether oxygens (including phenoxy) is 2. The number of nitrogens with zero attached hydrogens (tertiary/aromatic N) is 4. The van der Waals surface area contributed by atoms with E-state index in [9.17, 15) is 4.79 Å². The third-order valence-electron chi connectivity index (χ3n) is 5.32. The van der Waals surface area contributed by atoms with Crippen LogP contribution >= 0.6 is 11.8 Å². The molecule has 0 saturated carbocycles. The monoisotopic (exact) mass is 464 g/mol. The highest BCUT2D eigenvalue weighted by molar-refractivity contribution is 7.99. The molecule has 0 spiro atoms. The molecule has 4 rings (SSSR count). The minimum Gasteiger partial charge on any atom is -0.497 e. The molecule has 0 N–H and O–H groups in total. The van der Waals surface area contributed by atoms with Crippen molar-refractivity contribution in [1.82, 2.24) is 15.2 Å². The zero-order valence-electron chi connectivity index (χ0n) is 19.7. The fraction of sp³-hybridized carbons (Fsp3) is 0.360. The predicted octanol–water partition coefficient (Wildman–Crippen LogP) is 5.36. The van der Waals surface area contributed by atoms with Crippen molar-refractivity contribution in [3.05, 3.63) is 53.1 Å². The molecule has 3 aromatic rings. The van der Waals surface area contributed by atoms with Crippen molar-refractivity contribution in [2.45, 2.75) is 46.0 Å². The molecule has 0 unspecified atom stereocenters. The Hall–Kier alpha value is -3.13. The maximum Gasteiger partial charge on any atom is 0.247 e. The number of fused-ring (bicyclic) bond motifs is 3. The van der Waals surface area contributed by atoms with Gasteiger partial charge in [-0.05, 0) is 55.7 Å². The Morgan fingerprint density at radius 2 is 1.91 bits per heavy atom. The van der Waals surface area contributed by atoms with Gasteiger partial charge in [0, 0.05) is 23.8 Å². The SMILES string of the molecule is COc1ccc([C@@H]2Oc3nc(SCC(C)C)nnc3-c3cc(C)cc(C)c3N2C(C)=O)cc1. The van der Waals surface area contributed by atoms with Crippen LogP contribution in [-0.2, 0) is 4.79 Å². The van der Waals surface area contributed by atoms with Crippen molar-refractivity contribution in [3.8, 4) is 22.9 Å². The average Bonchev–Trinajstić information content (AvgIpc) is 2.92. The second-order valence-corrected chi connectivity index (χ2v) is 9.55. The summed E-state index contributed by atoms with van der Waals surface area (Å²) >= 11 is 1.54. The molecule has 0 saturated heterocycles. The molecular weight excluding hydrogens is 436 g/mol. The highest BCUT2D eigenvalue weighted by atomic mass is 32.2. The van der Waals surface area contributed by atoms with Crippen LogP contribution in [0.4, 0.5) is 5.69 Å². The van der Waals surface area contributed by atoms with Crippen LogP contribution in [0.2, 0.25) is 0 Å². The van der Waals surface area contributed by atoms with Crippen LogP contribution in [0.1, 0.15) is 43.7 Å². The van der Waals surface area contributed by atoms with Gasteiger partial charge in [0.15, 0.2) is 5.69 Å². The molecule has 0 aliphatic carbocycles. The van der Waals surface area contributed by atoms with Crippen LogP contribution in [0.15, 0.2) is 41.6 Å². The first-order chi connectivity index (χ1) is 15.8. The molecule has 8 heteroatoms. The summed E-state index contributed by atoms with van der Waals surface area (Å²) < 4.78 is 11.8. The van der Waals surface area contributed by atoms with E-state index in [4.69, 9.17) is 14.5 Å². The lowest BCUT2D eigenvalue weighted by molar-refractivity contribution is -0.118. The first-order valence-electron chi connectivity index (χ1n) is 10.9. The Labute approximate surface area is 198 Å². The van der Waals surface area contributed by atoms with E-state index in [0.717, 1.165) is 39.4 Å². The van der Waals surface area contributed by atoms with Gasteiger partial charge in [-0.3, -0.25) is 9.69 Å². The first kappa shape index (κ1) is 23.0. The fourth-order valence-corrected chi connectivity index (χ4v) is 4.62. The molecule has 1 atom stereocenters. The van der Waals surface area contributed by atoms with Crippen LogP contribution in [0, 0.1) is 19.8 Å². The molecule has 33 heavy (non-hydrogen) atoms. The number of thioether (sulfide) groups is 1. The summed E-state index contributed by atoms with van der Waals surface area (Å²) in [6, 6.07) is 11.6. The summed E-state index contributed by atoms with van der Waals surface area (Å²) in [6.07, 6.45) is -0.713. The third-order valence-corrected chi connectivity index (χ3v) is 6.58. The van der Waals surface area contributed by atoms with Crippen molar-refractivity contribution < 1.29 is 14.3 Å². The maximum absolute atomic E-state index is 13.0. The van der Waals surface area contributed by atoms with Crippen LogP contribution in [0.5, 0.6) is 11.6 Å². The van der Waals surface area contributed by atoms with E-state index in [1.165, 1.54) is 0 Å². The quantitative estimate of drug-likeness (QED) is 0.471. The number of aryl methyl sites for hydroxylation is 2. The standard InChI is InChI=1S/C25H28N4O3S/c1-14(2)13-33-25-26-23-21(27-28-25)20-12-15(3)11-16(4)22(20)29(17(5)30)24(32-23)18-7-9-19(31-6)10-8-18/h7-12,14,24H,13H2,1-6H3/t24-/m0/s1. The van der Waals surface area contributed by atoms with E-state index in [0.29, 0.717) is 22.6 Å². The highest BCUT2D eigenvalue weighted by Gasteiger charge is 2.35. The molecule has 1 amide bonds. The van der Waals surface area contributed by atoms with E-state index >= 15 is 0 Å². The number of carbonyl (C=O) groups is 1. The Balaban J connectivity index is 1.92. The van der Waals surface area contributed by atoms with Gasteiger partial charge < -0.3 is 9.47 Å². The Morgan fingerprint density at radius 1 is 1.18 bits per heavy atom. The third kappa shape index (κ3) is 4.66. The van der Waals surface area contributed by atoms with Gasteiger partial charge in [0.05, 0.1) is 12.8 Å². The van der Waals surface area contributed by atoms with Gasteiger partial charge in [-0.2, -0.15) is 4.98 Å². The minimum atomic E-state index is -0.713. The van der Waals surface area contributed by atoms with Gasteiger partial charge in [0.2, 0.25) is 23.2 Å². The number of hydrogen-bond donors (Lipinski definition) is 0. The van der Waals surface area contributed by atoms with Gasteiger partial charge in [-0.15, -0.1) is 10.2 Å². The summed E-state index contributed by atoms with van der Waals surface area (Å²) in [7, 11) is 1.62. The second-order valence-electron chi connectivity index (χ2n) is 8.56.